The zero-order valence-electron chi connectivity index (χ0n) is 9.16. The molecule has 1 aromatic rings. The van der Waals surface area contributed by atoms with Crippen molar-refractivity contribution >= 4 is 29.1 Å². The van der Waals surface area contributed by atoms with Crippen molar-refractivity contribution in [2.75, 3.05) is 16.8 Å². The smallest absolute Gasteiger partial charge is 0.0820 e. The predicted octanol–water partition coefficient (Wildman–Crippen LogP) is 3.68. The Hall–Kier alpha value is -0.410. The monoisotopic (exact) mass is 244 g/mol. The maximum atomic E-state index is 6.00. The molecular formula is C11H17ClN2S. The van der Waals surface area contributed by atoms with Crippen molar-refractivity contribution in [3.63, 3.8) is 0 Å². The van der Waals surface area contributed by atoms with Gasteiger partial charge in [-0.05, 0) is 30.9 Å². The van der Waals surface area contributed by atoms with Gasteiger partial charge in [-0.3, -0.25) is 4.98 Å². The van der Waals surface area contributed by atoms with Gasteiger partial charge in [0, 0.05) is 18.4 Å². The van der Waals surface area contributed by atoms with Gasteiger partial charge in [0.1, 0.15) is 0 Å². The van der Waals surface area contributed by atoms with Crippen molar-refractivity contribution < 1.29 is 0 Å². The van der Waals surface area contributed by atoms with Crippen LogP contribution in [-0.2, 0) is 0 Å². The first-order valence-corrected chi connectivity index (χ1v) is 6.71. The highest BCUT2D eigenvalue weighted by molar-refractivity contribution is 7.99. The summed E-state index contributed by atoms with van der Waals surface area (Å²) in [6.07, 6.45) is 4.57. The van der Waals surface area contributed by atoms with E-state index in [0.717, 1.165) is 12.1 Å². The van der Waals surface area contributed by atoms with Crippen LogP contribution in [0.25, 0.3) is 0 Å². The summed E-state index contributed by atoms with van der Waals surface area (Å²) in [5, 5.41) is 4.07. The number of rotatable bonds is 6. The second kappa shape index (κ2) is 6.96. The fourth-order valence-electron chi connectivity index (χ4n) is 1.23. The lowest BCUT2D eigenvalue weighted by Crippen LogP contribution is -2.16. The fourth-order valence-corrected chi connectivity index (χ4v) is 2.22. The molecule has 0 saturated heterocycles. The van der Waals surface area contributed by atoms with E-state index in [2.05, 4.69) is 24.1 Å². The third kappa shape index (κ3) is 4.76. The van der Waals surface area contributed by atoms with Crippen LogP contribution >= 0.6 is 23.4 Å². The SMILES string of the molecule is CCSCCC(C)Nc1ccncc1Cl. The first-order valence-electron chi connectivity index (χ1n) is 5.17. The Morgan fingerprint density at radius 1 is 1.60 bits per heavy atom. The highest BCUT2D eigenvalue weighted by atomic mass is 35.5. The molecule has 84 valence electrons. The van der Waals surface area contributed by atoms with E-state index >= 15 is 0 Å². The van der Waals surface area contributed by atoms with Crippen molar-refractivity contribution in [2.24, 2.45) is 0 Å². The van der Waals surface area contributed by atoms with E-state index in [1.165, 1.54) is 11.5 Å². The van der Waals surface area contributed by atoms with Gasteiger partial charge in [0.15, 0.2) is 0 Å². The van der Waals surface area contributed by atoms with E-state index in [4.69, 9.17) is 11.6 Å². The molecule has 0 aromatic carbocycles. The minimum absolute atomic E-state index is 0.448. The van der Waals surface area contributed by atoms with Gasteiger partial charge < -0.3 is 5.32 Å². The van der Waals surface area contributed by atoms with Crippen LogP contribution in [0.4, 0.5) is 5.69 Å². The summed E-state index contributed by atoms with van der Waals surface area (Å²) in [5.74, 6) is 2.37. The summed E-state index contributed by atoms with van der Waals surface area (Å²) in [5.41, 5.74) is 0.973. The van der Waals surface area contributed by atoms with Gasteiger partial charge in [0.2, 0.25) is 0 Å². The van der Waals surface area contributed by atoms with E-state index < -0.39 is 0 Å². The molecule has 1 atom stereocenters. The van der Waals surface area contributed by atoms with Gasteiger partial charge in [0.05, 0.1) is 10.7 Å². The molecule has 0 fully saturated rings. The normalized spacial score (nSPS) is 12.5. The fraction of sp³-hybridized carbons (Fsp3) is 0.545. The molecule has 1 N–H and O–H groups in total. The lowest BCUT2D eigenvalue weighted by atomic mass is 10.2. The number of nitrogens with one attached hydrogen (secondary N) is 1. The molecule has 1 rings (SSSR count). The van der Waals surface area contributed by atoms with Crippen LogP contribution in [0.3, 0.4) is 0 Å². The molecule has 0 aliphatic heterocycles. The van der Waals surface area contributed by atoms with Crippen molar-refractivity contribution in [3.8, 4) is 0 Å². The third-order valence-corrected chi connectivity index (χ3v) is 3.31. The first kappa shape index (κ1) is 12.7. The summed E-state index contributed by atoms with van der Waals surface area (Å²) in [6.45, 7) is 4.36. The van der Waals surface area contributed by atoms with Crippen LogP contribution in [0.2, 0.25) is 5.02 Å². The van der Waals surface area contributed by atoms with E-state index in [9.17, 15) is 0 Å². The number of thioether (sulfide) groups is 1. The minimum Gasteiger partial charge on any atom is -0.381 e. The van der Waals surface area contributed by atoms with Crippen LogP contribution in [0.1, 0.15) is 20.3 Å². The Morgan fingerprint density at radius 2 is 2.40 bits per heavy atom. The number of hydrogen-bond donors (Lipinski definition) is 1. The lowest BCUT2D eigenvalue weighted by molar-refractivity contribution is 0.771. The molecule has 1 heterocycles. The average molecular weight is 245 g/mol. The number of pyridine rings is 1. The molecule has 1 unspecified atom stereocenters. The maximum absolute atomic E-state index is 6.00. The van der Waals surface area contributed by atoms with Crippen molar-refractivity contribution in [3.05, 3.63) is 23.5 Å². The molecule has 0 radical (unpaired) electrons. The second-order valence-corrected chi connectivity index (χ2v) is 5.19. The molecule has 0 saturated carbocycles. The lowest BCUT2D eigenvalue weighted by Gasteiger charge is -2.15. The topological polar surface area (TPSA) is 24.9 Å². The van der Waals surface area contributed by atoms with Gasteiger partial charge in [-0.1, -0.05) is 18.5 Å². The van der Waals surface area contributed by atoms with E-state index in [0.29, 0.717) is 11.1 Å². The molecule has 2 nitrogen and oxygen atoms in total. The maximum Gasteiger partial charge on any atom is 0.0820 e. The Labute approximate surface area is 101 Å². The summed E-state index contributed by atoms with van der Waals surface area (Å²) < 4.78 is 0. The van der Waals surface area contributed by atoms with E-state index in [1.54, 1.807) is 12.4 Å². The van der Waals surface area contributed by atoms with E-state index in [1.807, 2.05) is 17.8 Å². The number of halogens is 1. The van der Waals surface area contributed by atoms with Crippen molar-refractivity contribution in [1.82, 2.24) is 4.98 Å². The third-order valence-electron chi connectivity index (χ3n) is 2.07. The standard InChI is InChI=1S/C11H17ClN2S/c1-3-15-7-5-9(2)14-11-4-6-13-8-10(11)12/h4,6,8-9H,3,5,7H2,1-2H3,(H,13,14). The van der Waals surface area contributed by atoms with Crippen LogP contribution in [0.15, 0.2) is 18.5 Å². The van der Waals surface area contributed by atoms with Crippen LogP contribution in [0, 0.1) is 0 Å². The molecule has 1 aromatic heterocycles. The van der Waals surface area contributed by atoms with Crippen molar-refractivity contribution in [2.45, 2.75) is 26.3 Å². The molecule has 0 amide bonds. The summed E-state index contributed by atoms with van der Waals surface area (Å²) in [7, 11) is 0. The van der Waals surface area contributed by atoms with Crippen LogP contribution < -0.4 is 5.32 Å². The number of anilines is 1. The molecule has 0 aliphatic rings. The van der Waals surface area contributed by atoms with Gasteiger partial charge >= 0.3 is 0 Å². The number of nitrogens with zero attached hydrogens (tertiary/aromatic N) is 1. The Bertz CT molecular complexity index is 294. The largest absolute Gasteiger partial charge is 0.381 e. The van der Waals surface area contributed by atoms with E-state index in [-0.39, 0.29) is 0 Å². The highest BCUT2D eigenvalue weighted by Gasteiger charge is 2.04. The summed E-state index contributed by atoms with van der Waals surface area (Å²) >= 11 is 7.97. The molecule has 15 heavy (non-hydrogen) atoms. The molecule has 0 bridgehead atoms. The number of aromatic nitrogens is 1. The summed E-state index contributed by atoms with van der Waals surface area (Å²) in [6, 6.07) is 2.36. The van der Waals surface area contributed by atoms with Gasteiger partial charge in [-0.25, -0.2) is 0 Å². The van der Waals surface area contributed by atoms with Crippen LogP contribution in [-0.4, -0.2) is 22.5 Å². The van der Waals surface area contributed by atoms with Gasteiger partial charge in [-0.2, -0.15) is 11.8 Å². The predicted molar refractivity (Wildman–Crippen MR) is 69.9 cm³/mol. The molecule has 4 heteroatoms. The Kier molecular flexibility index (Phi) is 5.88. The van der Waals surface area contributed by atoms with Gasteiger partial charge in [-0.15, -0.1) is 0 Å². The minimum atomic E-state index is 0.448. The molecule has 0 spiro atoms. The summed E-state index contributed by atoms with van der Waals surface area (Å²) in [4.78, 5) is 3.95. The molecule has 0 aliphatic carbocycles. The Balaban J connectivity index is 2.37. The quantitative estimate of drug-likeness (QED) is 0.773. The zero-order valence-corrected chi connectivity index (χ0v) is 10.7. The highest BCUT2D eigenvalue weighted by Crippen LogP contribution is 2.20. The second-order valence-electron chi connectivity index (χ2n) is 3.39. The zero-order chi connectivity index (χ0) is 11.1. The number of hydrogen-bond acceptors (Lipinski definition) is 3. The molecular weight excluding hydrogens is 228 g/mol. The average Bonchev–Trinajstić information content (AvgIpc) is 2.22. The van der Waals surface area contributed by atoms with Crippen LogP contribution in [0.5, 0.6) is 0 Å². The van der Waals surface area contributed by atoms with Crippen molar-refractivity contribution in [1.29, 1.82) is 0 Å². The first-order chi connectivity index (χ1) is 7.24. The Morgan fingerprint density at radius 3 is 3.07 bits per heavy atom. The van der Waals surface area contributed by atoms with Gasteiger partial charge in [0.25, 0.3) is 0 Å².